The highest BCUT2D eigenvalue weighted by molar-refractivity contribution is 5.88. The predicted octanol–water partition coefficient (Wildman–Crippen LogP) is 3.01. The van der Waals surface area contributed by atoms with Crippen LogP contribution in [0.3, 0.4) is 0 Å². The van der Waals surface area contributed by atoms with Gasteiger partial charge < -0.3 is 9.84 Å². The lowest BCUT2D eigenvalue weighted by atomic mass is 10.1. The lowest BCUT2D eigenvalue weighted by Gasteiger charge is -2.15. The lowest BCUT2D eigenvalue weighted by molar-refractivity contribution is 0.0696. The molecule has 2 rings (SSSR count). The SMILES string of the molecule is Cc1cc(C(=O)O)ccc1OC1CCCC1. The standard InChI is InChI=1S/C13H16O3/c1-9-8-10(13(14)15)6-7-12(9)16-11-4-2-3-5-11/h6-8,11H,2-5H2,1H3,(H,14,15). The number of hydrogen-bond donors (Lipinski definition) is 1. The Morgan fingerprint density at radius 3 is 2.62 bits per heavy atom. The van der Waals surface area contributed by atoms with Gasteiger partial charge in [0.15, 0.2) is 0 Å². The maximum absolute atomic E-state index is 10.8. The molecule has 3 heteroatoms. The number of rotatable bonds is 3. The first kappa shape index (κ1) is 11.0. The Bertz CT molecular complexity index is 392. The van der Waals surface area contributed by atoms with E-state index in [9.17, 15) is 4.79 Å². The fourth-order valence-corrected chi connectivity index (χ4v) is 2.10. The second-order valence-electron chi connectivity index (χ2n) is 4.31. The van der Waals surface area contributed by atoms with E-state index in [1.807, 2.05) is 6.92 Å². The number of carbonyl (C=O) groups is 1. The zero-order chi connectivity index (χ0) is 11.5. The molecule has 1 aromatic carbocycles. The molecule has 0 aromatic heterocycles. The van der Waals surface area contributed by atoms with Crippen molar-refractivity contribution in [2.45, 2.75) is 38.7 Å². The minimum Gasteiger partial charge on any atom is -0.490 e. The second-order valence-corrected chi connectivity index (χ2v) is 4.31. The molecule has 16 heavy (non-hydrogen) atoms. The number of ether oxygens (including phenoxy) is 1. The molecule has 0 heterocycles. The summed E-state index contributed by atoms with van der Waals surface area (Å²) in [6.45, 7) is 1.89. The average Bonchev–Trinajstić information content (AvgIpc) is 2.73. The van der Waals surface area contributed by atoms with Crippen molar-refractivity contribution in [2.24, 2.45) is 0 Å². The normalized spacial score (nSPS) is 16.3. The molecule has 0 saturated heterocycles. The number of benzene rings is 1. The van der Waals surface area contributed by atoms with Crippen LogP contribution in [0.4, 0.5) is 0 Å². The van der Waals surface area contributed by atoms with Crippen molar-refractivity contribution in [1.82, 2.24) is 0 Å². The van der Waals surface area contributed by atoms with Gasteiger partial charge in [-0.2, -0.15) is 0 Å². The molecular formula is C13H16O3. The third-order valence-corrected chi connectivity index (χ3v) is 3.02. The van der Waals surface area contributed by atoms with Gasteiger partial charge in [0.25, 0.3) is 0 Å². The average molecular weight is 220 g/mol. The second kappa shape index (κ2) is 4.56. The zero-order valence-electron chi connectivity index (χ0n) is 9.40. The molecule has 3 nitrogen and oxygen atoms in total. The largest absolute Gasteiger partial charge is 0.490 e. The van der Waals surface area contributed by atoms with E-state index in [1.165, 1.54) is 12.8 Å². The molecule has 0 radical (unpaired) electrons. The van der Waals surface area contributed by atoms with Gasteiger partial charge in [0.05, 0.1) is 11.7 Å². The number of carboxylic acids is 1. The molecule has 0 atom stereocenters. The van der Waals surface area contributed by atoms with Crippen molar-refractivity contribution in [3.8, 4) is 5.75 Å². The van der Waals surface area contributed by atoms with Gasteiger partial charge in [0, 0.05) is 0 Å². The van der Waals surface area contributed by atoms with Crippen LogP contribution in [0.15, 0.2) is 18.2 Å². The Hall–Kier alpha value is -1.51. The van der Waals surface area contributed by atoms with Gasteiger partial charge in [-0.15, -0.1) is 0 Å². The highest BCUT2D eigenvalue weighted by Gasteiger charge is 2.17. The smallest absolute Gasteiger partial charge is 0.335 e. The van der Waals surface area contributed by atoms with Gasteiger partial charge in [0.1, 0.15) is 5.75 Å². The van der Waals surface area contributed by atoms with Crippen LogP contribution >= 0.6 is 0 Å². The van der Waals surface area contributed by atoms with Crippen LogP contribution in [0.2, 0.25) is 0 Å². The first-order valence-electron chi connectivity index (χ1n) is 5.67. The van der Waals surface area contributed by atoms with Crippen molar-refractivity contribution in [3.05, 3.63) is 29.3 Å². The summed E-state index contributed by atoms with van der Waals surface area (Å²) in [7, 11) is 0. The highest BCUT2D eigenvalue weighted by Crippen LogP contribution is 2.26. The molecule has 1 aromatic rings. The minimum absolute atomic E-state index is 0.314. The summed E-state index contributed by atoms with van der Waals surface area (Å²) in [6.07, 6.45) is 5.00. The van der Waals surface area contributed by atoms with Crippen LogP contribution in [0.25, 0.3) is 0 Å². The van der Waals surface area contributed by atoms with Crippen LogP contribution in [0.1, 0.15) is 41.6 Å². The Kier molecular flexibility index (Phi) is 3.13. The van der Waals surface area contributed by atoms with Crippen LogP contribution in [0, 0.1) is 6.92 Å². The quantitative estimate of drug-likeness (QED) is 0.851. The number of aryl methyl sites for hydroxylation is 1. The van der Waals surface area contributed by atoms with Crippen molar-refractivity contribution >= 4 is 5.97 Å². The van der Waals surface area contributed by atoms with E-state index in [0.717, 1.165) is 24.2 Å². The third kappa shape index (κ3) is 2.35. The van der Waals surface area contributed by atoms with Crippen LogP contribution in [-0.4, -0.2) is 17.2 Å². The monoisotopic (exact) mass is 220 g/mol. The Morgan fingerprint density at radius 1 is 1.38 bits per heavy atom. The molecule has 0 spiro atoms. The molecule has 86 valence electrons. The molecule has 1 aliphatic carbocycles. The van der Waals surface area contributed by atoms with Crippen molar-refractivity contribution in [2.75, 3.05) is 0 Å². The van der Waals surface area contributed by atoms with Gasteiger partial charge in [0.2, 0.25) is 0 Å². The highest BCUT2D eigenvalue weighted by atomic mass is 16.5. The predicted molar refractivity (Wildman–Crippen MR) is 61.0 cm³/mol. The van der Waals surface area contributed by atoms with Gasteiger partial charge in [-0.1, -0.05) is 0 Å². The molecular weight excluding hydrogens is 204 g/mol. The fraction of sp³-hybridized carbons (Fsp3) is 0.462. The van der Waals surface area contributed by atoms with Crippen molar-refractivity contribution in [3.63, 3.8) is 0 Å². The van der Waals surface area contributed by atoms with Gasteiger partial charge in [-0.25, -0.2) is 4.79 Å². The maximum atomic E-state index is 10.8. The van der Waals surface area contributed by atoms with E-state index in [0.29, 0.717) is 11.7 Å². The topological polar surface area (TPSA) is 46.5 Å². The van der Waals surface area contributed by atoms with Crippen LogP contribution in [0.5, 0.6) is 5.75 Å². The van der Waals surface area contributed by atoms with E-state index >= 15 is 0 Å². The van der Waals surface area contributed by atoms with Crippen molar-refractivity contribution in [1.29, 1.82) is 0 Å². The van der Waals surface area contributed by atoms with E-state index in [2.05, 4.69) is 0 Å². The van der Waals surface area contributed by atoms with Crippen molar-refractivity contribution < 1.29 is 14.6 Å². The summed E-state index contributed by atoms with van der Waals surface area (Å²) in [6, 6.07) is 5.02. The number of carboxylic acid groups (broad SMARTS) is 1. The summed E-state index contributed by atoms with van der Waals surface area (Å²) in [4.78, 5) is 10.8. The van der Waals surface area contributed by atoms with E-state index in [4.69, 9.17) is 9.84 Å². The summed E-state index contributed by atoms with van der Waals surface area (Å²) in [5.74, 6) is -0.0765. The van der Waals surface area contributed by atoms with E-state index < -0.39 is 5.97 Å². The molecule has 1 fully saturated rings. The first-order chi connectivity index (χ1) is 7.66. The maximum Gasteiger partial charge on any atom is 0.335 e. The van der Waals surface area contributed by atoms with Gasteiger partial charge in [-0.3, -0.25) is 0 Å². The Balaban J connectivity index is 2.12. The molecule has 1 aliphatic rings. The summed E-state index contributed by atoms with van der Waals surface area (Å²) < 4.78 is 5.85. The molecule has 0 bridgehead atoms. The summed E-state index contributed by atoms with van der Waals surface area (Å²) in [5, 5.41) is 8.84. The van der Waals surface area contributed by atoms with Crippen LogP contribution in [-0.2, 0) is 0 Å². The zero-order valence-corrected chi connectivity index (χ0v) is 9.40. The molecule has 0 unspecified atom stereocenters. The fourth-order valence-electron chi connectivity index (χ4n) is 2.10. The Labute approximate surface area is 95.0 Å². The van der Waals surface area contributed by atoms with E-state index in [1.54, 1.807) is 18.2 Å². The molecule has 0 aliphatic heterocycles. The molecule has 1 N–H and O–H groups in total. The van der Waals surface area contributed by atoms with Gasteiger partial charge in [-0.05, 0) is 56.4 Å². The number of hydrogen-bond acceptors (Lipinski definition) is 2. The van der Waals surface area contributed by atoms with Crippen LogP contribution < -0.4 is 4.74 Å². The lowest BCUT2D eigenvalue weighted by Crippen LogP contribution is -2.12. The number of aromatic carboxylic acids is 1. The molecule has 0 amide bonds. The first-order valence-corrected chi connectivity index (χ1v) is 5.67. The minimum atomic E-state index is -0.893. The summed E-state index contributed by atoms with van der Waals surface area (Å²) in [5.41, 5.74) is 1.21. The Morgan fingerprint density at radius 2 is 2.06 bits per heavy atom. The summed E-state index contributed by atoms with van der Waals surface area (Å²) >= 11 is 0. The molecule has 1 saturated carbocycles. The third-order valence-electron chi connectivity index (χ3n) is 3.02. The van der Waals surface area contributed by atoms with Gasteiger partial charge >= 0.3 is 5.97 Å². The van der Waals surface area contributed by atoms with E-state index in [-0.39, 0.29) is 0 Å².